The highest BCUT2D eigenvalue weighted by molar-refractivity contribution is 7.89. The van der Waals surface area contributed by atoms with Crippen molar-refractivity contribution in [3.05, 3.63) is 70.3 Å². The van der Waals surface area contributed by atoms with Crippen molar-refractivity contribution in [3.8, 4) is 11.3 Å². The molecule has 0 saturated carbocycles. The van der Waals surface area contributed by atoms with E-state index in [1.165, 1.54) is 39.9 Å². The summed E-state index contributed by atoms with van der Waals surface area (Å²) in [7, 11) is -3.93. The summed E-state index contributed by atoms with van der Waals surface area (Å²) in [4.78, 5) is 17.2. The van der Waals surface area contributed by atoms with Crippen LogP contribution in [0.4, 0.5) is 17.6 Å². The van der Waals surface area contributed by atoms with Crippen molar-refractivity contribution >= 4 is 27.1 Å². The van der Waals surface area contributed by atoms with Crippen LogP contribution in [0.15, 0.2) is 58.8 Å². The second kappa shape index (κ2) is 9.55. The van der Waals surface area contributed by atoms with Gasteiger partial charge in [-0.05, 0) is 49.2 Å². The summed E-state index contributed by atoms with van der Waals surface area (Å²) in [6, 6.07) is 8.40. The number of ketones is 1. The van der Waals surface area contributed by atoms with E-state index >= 15 is 0 Å². The van der Waals surface area contributed by atoms with E-state index in [1.807, 2.05) is 0 Å². The number of carbonyl (C=O) groups is 1. The fourth-order valence-corrected chi connectivity index (χ4v) is 6.36. The topological polar surface area (TPSA) is 67.3 Å². The van der Waals surface area contributed by atoms with Crippen LogP contribution in [0.5, 0.6) is 0 Å². The quantitative estimate of drug-likeness (QED) is 0.402. The van der Waals surface area contributed by atoms with Crippen molar-refractivity contribution in [1.29, 1.82) is 0 Å². The van der Waals surface area contributed by atoms with Crippen molar-refractivity contribution in [2.24, 2.45) is 0 Å². The Morgan fingerprint density at radius 2 is 1.76 bits per heavy atom. The highest BCUT2D eigenvalue weighted by Crippen LogP contribution is 2.32. The predicted octanol–water partition coefficient (Wildman–Crippen LogP) is 5.32. The average Bonchev–Trinajstić information content (AvgIpc) is 3.48. The zero-order valence-electron chi connectivity index (χ0n) is 17.8. The number of alkyl halides is 3. The van der Waals surface area contributed by atoms with E-state index in [4.69, 9.17) is 0 Å². The molecule has 2 aromatic carbocycles. The average molecular weight is 513 g/mol. The van der Waals surface area contributed by atoms with E-state index < -0.39 is 33.6 Å². The summed E-state index contributed by atoms with van der Waals surface area (Å²) in [5.41, 5.74) is 0.311. The Bertz CT molecular complexity index is 1270. The number of aromatic nitrogens is 1. The molecule has 0 unspecified atom stereocenters. The first kappa shape index (κ1) is 24.5. The lowest BCUT2D eigenvalue weighted by molar-refractivity contribution is -0.137. The number of hydrogen-bond donors (Lipinski definition) is 0. The third kappa shape index (κ3) is 5.21. The normalized spacial score (nSPS) is 17.2. The van der Waals surface area contributed by atoms with Gasteiger partial charge in [-0.15, -0.1) is 11.3 Å². The van der Waals surface area contributed by atoms with Crippen LogP contribution in [0.25, 0.3) is 11.3 Å². The zero-order valence-corrected chi connectivity index (χ0v) is 19.4. The summed E-state index contributed by atoms with van der Waals surface area (Å²) in [5.74, 6) is -0.776. The standard InChI is InChI=1S/C23H20F4N2O3S2/c24-17-7-9-18(10-8-17)34(31,32)29-13-1-2-20(29)21(30)11-12-22-28-19(14-33-22)15-3-5-16(6-4-15)23(25,26)27/h3-10,14,20H,1-2,11-13H2/t20-/m0/s1. The summed E-state index contributed by atoms with van der Waals surface area (Å²) >= 11 is 1.29. The maximum absolute atomic E-state index is 13.2. The second-order valence-electron chi connectivity index (χ2n) is 7.90. The number of aryl methyl sites for hydroxylation is 1. The molecule has 1 atom stereocenters. The number of halogens is 4. The van der Waals surface area contributed by atoms with Gasteiger partial charge in [-0.25, -0.2) is 17.8 Å². The van der Waals surface area contributed by atoms with E-state index in [0.29, 0.717) is 35.5 Å². The lowest BCUT2D eigenvalue weighted by Gasteiger charge is -2.23. The molecule has 0 N–H and O–H groups in total. The van der Waals surface area contributed by atoms with E-state index in [9.17, 15) is 30.8 Å². The summed E-state index contributed by atoms with van der Waals surface area (Å²) in [6.07, 6.45) is -3.07. The lowest BCUT2D eigenvalue weighted by atomic mass is 10.1. The monoisotopic (exact) mass is 512 g/mol. The van der Waals surface area contributed by atoms with Gasteiger partial charge < -0.3 is 0 Å². The third-order valence-electron chi connectivity index (χ3n) is 5.64. The molecule has 3 aromatic rings. The fraction of sp³-hybridized carbons (Fsp3) is 0.304. The molecule has 1 aromatic heterocycles. The fourth-order valence-electron chi connectivity index (χ4n) is 3.88. The Hall–Kier alpha value is -2.63. The molecule has 34 heavy (non-hydrogen) atoms. The second-order valence-corrected chi connectivity index (χ2v) is 10.7. The van der Waals surface area contributed by atoms with Gasteiger partial charge in [0.25, 0.3) is 0 Å². The Labute approximate surface area is 198 Å². The molecule has 0 spiro atoms. The first-order chi connectivity index (χ1) is 16.1. The minimum absolute atomic E-state index is 0.0605. The van der Waals surface area contributed by atoms with Gasteiger partial charge in [0, 0.05) is 30.3 Å². The molecule has 1 saturated heterocycles. The molecule has 0 bridgehead atoms. The largest absolute Gasteiger partial charge is 0.416 e. The molecule has 0 aliphatic carbocycles. The van der Waals surface area contributed by atoms with Crippen molar-refractivity contribution in [3.63, 3.8) is 0 Å². The first-order valence-electron chi connectivity index (χ1n) is 10.5. The number of hydrogen-bond acceptors (Lipinski definition) is 5. The van der Waals surface area contributed by atoms with E-state index in [-0.39, 0.29) is 23.6 Å². The predicted molar refractivity (Wildman–Crippen MR) is 119 cm³/mol. The maximum Gasteiger partial charge on any atom is 0.416 e. The molecular weight excluding hydrogens is 492 g/mol. The number of Topliss-reactive ketones (excluding diaryl/α,β-unsaturated/α-hetero) is 1. The van der Waals surface area contributed by atoms with Crippen molar-refractivity contribution < 1.29 is 30.8 Å². The van der Waals surface area contributed by atoms with Crippen molar-refractivity contribution in [2.75, 3.05) is 6.54 Å². The highest BCUT2D eigenvalue weighted by atomic mass is 32.2. The van der Waals surface area contributed by atoms with Gasteiger partial charge in [0.1, 0.15) is 5.82 Å². The van der Waals surface area contributed by atoms with Crippen LogP contribution in [0.3, 0.4) is 0 Å². The number of thiazole rings is 1. The maximum atomic E-state index is 13.2. The van der Waals surface area contributed by atoms with Gasteiger partial charge in [0.05, 0.1) is 27.2 Å². The third-order valence-corrected chi connectivity index (χ3v) is 8.47. The van der Waals surface area contributed by atoms with Crippen LogP contribution in [-0.4, -0.2) is 36.1 Å². The van der Waals surface area contributed by atoms with E-state index in [0.717, 1.165) is 24.3 Å². The van der Waals surface area contributed by atoms with Crippen molar-refractivity contribution in [2.45, 2.75) is 42.8 Å². The molecule has 1 aliphatic rings. The Morgan fingerprint density at radius 1 is 1.09 bits per heavy atom. The Kier molecular flexibility index (Phi) is 6.88. The molecule has 1 aliphatic heterocycles. The van der Waals surface area contributed by atoms with Crippen LogP contribution in [-0.2, 0) is 27.4 Å². The molecule has 180 valence electrons. The van der Waals surface area contributed by atoms with Crippen LogP contribution in [0, 0.1) is 5.82 Å². The Morgan fingerprint density at radius 3 is 2.41 bits per heavy atom. The summed E-state index contributed by atoms with van der Waals surface area (Å²) in [6.45, 7) is 0.214. The van der Waals surface area contributed by atoms with Gasteiger partial charge in [-0.2, -0.15) is 17.5 Å². The summed E-state index contributed by atoms with van der Waals surface area (Å²) < 4.78 is 78.5. The van der Waals surface area contributed by atoms with Crippen LogP contribution >= 0.6 is 11.3 Å². The minimum atomic E-state index is -4.41. The molecule has 11 heteroatoms. The number of nitrogens with zero attached hydrogens (tertiary/aromatic N) is 2. The first-order valence-corrected chi connectivity index (χ1v) is 12.8. The van der Waals surface area contributed by atoms with Crippen molar-refractivity contribution in [1.82, 2.24) is 9.29 Å². The molecule has 0 amide bonds. The Balaban J connectivity index is 1.41. The number of sulfonamides is 1. The minimum Gasteiger partial charge on any atom is -0.298 e. The molecule has 1 fully saturated rings. The van der Waals surface area contributed by atoms with Crippen LogP contribution in [0.1, 0.15) is 29.8 Å². The van der Waals surface area contributed by atoms with E-state index in [2.05, 4.69) is 4.98 Å². The number of benzene rings is 2. The van der Waals surface area contributed by atoms with Gasteiger partial charge in [-0.1, -0.05) is 12.1 Å². The number of carbonyl (C=O) groups excluding carboxylic acids is 1. The van der Waals surface area contributed by atoms with Crippen LogP contribution < -0.4 is 0 Å². The smallest absolute Gasteiger partial charge is 0.298 e. The lowest BCUT2D eigenvalue weighted by Crippen LogP contribution is -2.40. The van der Waals surface area contributed by atoms with Gasteiger partial charge >= 0.3 is 6.18 Å². The SMILES string of the molecule is O=C(CCc1nc(-c2ccc(C(F)(F)F)cc2)cs1)[C@@H]1CCCN1S(=O)(=O)c1ccc(F)cc1. The molecule has 2 heterocycles. The number of rotatable bonds is 7. The van der Waals surface area contributed by atoms with Gasteiger partial charge in [0.2, 0.25) is 10.0 Å². The van der Waals surface area contributed by atoms with Gasteiger partial charge in [-0.3, -0.25) is 4.79 Å². The summed E-state index contributed by atoms with van der Waals surface area (Å²) in [5, 5.41) is 2.35. The molecular formula is C23H20F4N2O3S2. The van der Waals surface area contributed by atoms with E-state index in [1.54, 1.807) is 5.38 Å². The zero-order chi connectivity index (χ0) is 24.5. The molecule has 0 radical (unpaired) electrons. The molecule has 4 rings (SSSR count). The molecule has 5 nitrogen and oxygen atoms in total. The highest BCUT2D eigenvalue weighted by Gasteiger charge is 2.39. The van der Waals surface area contributed by atoms with Gasteiger partial charge in [0.15, 0.2) is 5.78 Å². The van der Waals surface area contributed by atoms with Crippen LogP contribution in [0.2, 0.25) is 0 Å².